The van der Waals surface area contributed by atoms with E-state index in [2.05, 4.69) is 18.7 Å². The lowest BCUT2D eigenvalue weighted by molar-refractivity contribution is 0.563. The third kappa shape index (κ3) is 1.94. The molecule has 1 heterocycles. The van der Waals surface area contributed by atoms with Crippen LogP contribution >= 0.6 is 0 Å². The molecular formula is C14H18N2O2. The first-order valence-corrected chi connectivity index (χ1v) is 6.16. The Kier molecular flexibility index (Phi) is 3.28. The van der Waals surface area contributed by atoms with Crippen LogP contribution in [0.1, 0.15) is 19.4 Å². The Morgan fingerprint density at radius 3 is 2.56 bits per heavy atom. The number of nitrogens with zero attached hydrogens (tertiary/aromatic N) is 1. The third-order valence-corrected chi connectivity index (χ3v) is 3.32. The Bertz CT molecular complexity index is 627. The average molecular weight is 246 g/mol. The highest BCUT2D eigenvalue weighted by atomic mass is 16.4. The van der Waals surface area contributed by atoms with Crippen molar-refractivity contribution in [1.82, 2.24) is 0 Å². The highest BCUT2D eigenvalue weighted by Gasteiger charge is 2.10. The van der Waals surface area contributed by atoms with Gasteiger partial charge in [0.25, 0.3) is 0 Å². The van der Waals surface area contributed by atoms with E-state index in [1.165, 1.54) is 0 Å². The van der Waals surface area contributed by atoms with Crippen LogP contribution in [0.3, 0.4) is 0 Å². The largest absolute Gasteiger partial charge is 0.421 e. The van der Waals surface area contributed by atoms with E-state index in [1.807, 2.05) is 25.1 Å². The van der Waals surface area contributed by atoms with Gasteiger partial charge in [0.1, 0.15) is 11.3 Å². The SMILES string of the molecule is CCN(CC)c1ccc2c(C)c(N)c(=O)oc2c1. The Morgan fingerprint density at radius 2 is 1.94 bits per heavy atom. The van der Waals surface area contributed by atoms with Crippen molar-refractivity contribution in [2.45, 2.75) is 20.8 Å². The molecule has 0 atom stereocenters. The van der Waals surface area contributed by atoms with Gasteiger partial charge in [0.2, 0.25) is 0 Å². The lowest BCUT2D eigenvalue weighted by Gasteiger charge is -2.21. The summed E-state index contributed by atoms with van der Waals surface area (Å²) in [6.07, 6.45) is 0. The zero-order valence-electron chi connectivity index (χ0n) is 11.0. The Balaban J connectivity index is 2.66. The zero-order valence-corrected chi connectivity index (χ0v) is 11.0. The Hall–Kier alpha value is -1.97. The maximum atomic E-state index is 11.6. The predicted octanol–water partition coefficient (Wildman–Crippen LogP) is 2.53. The number of fused-ring (bicyclic) bond motifs is 1. The molecule has 4 nitrogen and oxygen atoms in total. The fourth-order valence-electron chi connectivity index (χ4n) is 2.14. The van der Waals surface area contributed by atoms with Crippen molar-refractivity contribution < 1.29 is 4.42 Å². The van der Waals surface area contributed by atoms with E-state index in [4.69, 9.17) is 10.2 Å². The van der Waals surface area contributed by atoms with E-state index >= 15 is 0 Å². The zero-order chi connectivity index (χ0) is 13.3. The number of hydrogen-bond acceptors (Lipinski definition) is 4. The third-order valence-electron chi connectivity index (χ3n) is 3.32. The van der Waals surface area contributed by atoms with Crippen LogP contribution in [0.15, 0.2) is 27.4 Å². The molecule has 1 aromatic carbocycles. The molecule has 96 valence electrons. The molecule has 0 amide bonds. The Morgan fingerprint density at radius 1 is 1.28 bits per heavy atom. The quantitative estimate of drug-likeness (QED) is 0.845. The lowest BCUT2D eigenvalue weighted by atomic mass is 10.1. The molecule has 0 aliphatic heterocycles. The lowest BCUT2D eigenvalue weighted by Crippen LogP contribution is -2.21. The first-order chi connectivity index (χ1) is 8.58. The number of benzene rings is 1. The second-order valence-electron chi connectivity index (χ2n) is 4.28. The molecule has 18 heavy (non-hydrogen) atoms. The summed E-state index contributed by atoms with van der Waals surface area (Å²) in [6.45, 7) is 7.86. The summed E-state index contributed by atoms with van der Waals surface area (Å²) in [7, 11) is 0. The number of aryl methyl sites for hydroxylation is 1. The topological polar surface area (TPSA) is 59.5 Å². The van der Waals surface area contributed by atoms with Gasteiger partial charge in [0.15, 0.2) is 0 Å². The second-order valence-corrected chi connectivity index (χ2v) is 4.28. The van der Waals surface area contributed by atoms with Crippen LogP contribution in [0.4, 0.5) is 11.4 Å². The average Bonchev–Trinajstić information content (AvgIpc) is 2.37. The molecule has 0 fully saturated rings. The standard InChI is InChI=1S/C14H18N2O2/c1-4-16(5-2)10-6-7-11-9(3)13(15)14(17)18-12(11)8-10/h6-8H,4-5,15H2,1-3H3. The number of nitrogen functional groups attached to an aromatic ring is 1. The van der Waals surface area contributed by atoms with Crippen molar-refractivity contribution in [1.29, 1.82) is 0 Å². The van der Waals surface area contributed by atoms with Gasteiger partial charge < -0.3 is 15.1 Å². The molecule has 4 heteroatoms. The van der Waals surface area contributed by atoms with Gasteiger partial charge in [-0.2, -0.15) is 0 Å². The molecule has 0 aliphatic rings. The highest BCUT2D eigenvalue weighted by Crippen LogP contribution is 2.25. The normalized spacial score (nSPS) is 10.8. The molecule has 0 aliphatic carbocycles. The van der Waals surface area contributed by atoms with E-state index in [-0.39, 0.29) is 5.69 Å². The molecule has 2 rings (SSSR count). The van der Waals surface area contributed by atoms with E-state index in [0.717, 1.165) is 29.7 Å². The summed E-state index contributed by atoms with van der Waals surface area (Å²) in [4.78, 5) is 13.8. The monoisotopic (exact) mass is 246 g/mol. The fraction of sp³-hybridized carbons (Fsp3) is 0.357. The molecule has 0 radical (unpaired) electrons. The maximum absolute atomic E-state index is 11.6. The van der Waals surface area contributed by atoms with Gasteiger partial charge in [-0.3, -0.25) is 0 Å². The first kappa shape index (κ1) is 12.5. The first-order valence-electron chi connectivity index (χ1n) is 6.16. The maximum Gasteiger partial charge on any atom is 0.359 e. The van der Waals surface area contributed by atoms with Crippen LogP contribution in [0.2, 0.25) is 0 Å². The molecule has 1 aromatic heterocycles. The second kappa shape index (κ2) is 4.72. The smallest absolute Gasteiger partial charge is 0.359 e. The summed E-state index contributed by atoms with van der Waals surface area (Å²) in [5, 5.41) is 0.892. The minimum atomic E-state index is -0.461. The van der Waals surface area contributed by atoms with Gasteiger partial charge in [-0.05, 0) is 38.5 Å². The minimum absolute atomic E-state index is 0.193. The van der Waals surface area contributed by atoms with Crippen molar-refractivity contribution in [3.63, 3.8) is 0 Å². The van der Waals surface area contributed by atoms with Crippen molar-refractivity contribution in [3.05, 3.63) is 34.2 Å². The molecule has 0 saturated heterocycles. The van der Waals surface area contributed by atoms with Crippen LogP contribution in [0.5, 0.6) is 0 Å². The van der Waals surface area contributed by atoms with E-state index in [1.54, 1.807) is 0 Å². The number of nitrogens with two attached hydrogens (primary N) is 1. The van der Waals surface area contributed by atoms with Gasteiger partial charge in [-0.15, -0.1) is 0 Å². The molecule has 0 saturated carbocycles. The highest BCUT2D eigenvalue weighted by molar-refractivity contribution is 5.86. The minimum Gasteiger partial charge on any atom is -0.421 e. The summed E-state index contributed by atoms with van der Waals surface area (Å²) in [6, 6.07) is 5.88. The van der Waals surface area contributed by atoms with Crippen molar-refractivity contribution in [3.8, 4) is 0 Å². The summed E-state index contributed by atoms with van der Waals surface area (Å²) >= 11 is 0. The number of anilines is 2. The predicted molar refractivity (Wildman–Crippen MR) is 75.2 cm³/mol. The molecule has 2 aromatic rings. The van der Waals surface area contributed by atoms with Gasteiger partial charge in [-0.1, -0.05) is 0 Å². The van der Waals surface area contributed by atoms with Crippen molar-refractivity contribution in [2.75, 3.05) is 23.7 Å². The van der Waals surface area contributed by atoms with Gasteiger partial charge in [0, 0.05) is 30.2 Å². The molecular weight excluding hydrogens is 228 g/mol. The number of hydrogen-bond donors (Lipinski definition) is 1. The van der Waals surface area contributed by atoms with Crippen LogP contribution in [-0.2, 0) is 0 Å². The van der Waals surface area contributed by atoms with Gasteiger partial charge in [-0.25, -0.2) is 4.79 Å². The van der Waals surface area contributed by atoms with Crippen molar-refractivity contribution >= 4 is 22.3 Å². The fourth-order valence-corrected chi connectivity index (χ4v) is 2.14. The molecule has 0 unspecified atom stereocenters. The van der Waals surface area contributed by atoms with Gasteiger partial charge >= 0.3 is 5.63 Å². The summed E-state index contributed by atoms with van der Waals surface area (Å²) in [5.74, 6) is 0. The summed E-state index contributed by atoms with van der Waals surface area (Å²) in [5.41, 5.74) is 7.85. The van der Waals surface area contributed by atoms with Crippen LogP contribution in [0, 0.1) is 6.92 Å². The van der Waals surface area contributed by atoms with E-state index in [0.29, 0.717) is 5.58 Å². The van der Waals surface area contributed by atoms with Gasteiger partial charge in [0.05, 0.1) is 0 Å². The molecule has 0 bridgehead atoms. The van der Waals surface area contributed by atoms with Crippen LogP contribution < -0.4 is 16.3 Å². The van der Waals surface area contributed by atoms with E-state index < -0.39 is 5.63 Å². The van der Waals surface area contributed by atoms with Crippen LogP contribution in [-0.4, -0.2) is 13.1 Å². The molecule has 2 N–H and O–H groups in total. The van der Waals surface area contributed by atoms with Crippen molar-refractivity contribution in [2.24, 2.45) is 0 Å². The van der Waals surface area contributed by atoms with E-state index in [9.17, 15) is 4.79 Å². The Labute approximate surface area is 106 Å². The van der Waals surface area contributed by atoms with Crippen LogP contribution in [0.25, 0.3) is 11.0 Å². The number of rotatable bonds is 3. The molecule has 0 spiro atoms. The summed E-state index contributed by atoms with van der Waals surface area (Å²) < 4.78 is 5.25.